The van der Waals surface area contributed by atoms with Crippen molar-refractivity contribution in [3.05, 3.63) is 57.8 Å². The molecule has 3 aromatic rings. The highest BCUT2D eigenvalue weighted by Gasteiger charge is 2.18. The molecule has 2 heteroatoms. The van der Waals surface area contributed by atoms with Crippen LogP contribution in [0.2, 0.25) is 0 Å². The van der Waals surface area contributed by atoms with E-state index in [1.165, 1.54) is 84.7 Å². The van der Waals surface area contributed by atoms with Gasteiger partial charge in [-0.25, -0.2) is 0 Å². The normalized spacial score (nSPS) is 13.2. The Hall–Kier alpha value is -1.12. The molecule has 1 atom stereocenters. The van der Waals surface area contributed by atoms with E-state index < -0.39 is 0 Å². The minimum atomic E-state index is 0.402. The molecule has 0 aliphatic carbocycles. The summed E-state index contributed by atoms with van der Waals surface area (Å²) in [5.74, 6) is 0.699. The molecule has 0 bridgehead atoms. The van der Waals surface area contributed by atoms with Crippen molar-refractivity contribution in [2.75, 3.05) is 0 Å². The number of benzene rings is 1. The van der Waals surface area contributed by atoms with Crippen LogP contribution in [0.4, 0.5) is 0 Å². The molecule has 0 saturated heterocycles. The van der Waals surface area contributed by atoms with Crippen LogP contribution in [0.1, 0.15) is 101 Å². The third kappa shape index (κ3) is 7.54. The molecule has 2 heterocycles. The van der Waals surface area contributed by atoms with Gasteiger partial charge in [-0.15, -0.1) is 22.7 Å². The summed E-state index contributed by atoms with van der Waals surface area (Å²) in [4.78, 5) is 1.58. The molecule has 0 nitrogen and oxygen atoms in total. The largest absolute Gasteiger partial charge is 0.143 e. The van der Waals surface area contributed by atoms with Crippen LogP contribution in [-0.4, -0.2) is 0 Å². The van der Waals surface area contributed by atoms with Crippen LogP contribution in [0.3, 0.4) is 0 Å². The predicted octanol–water partition coefficient (Wildman–Crippen LogP) is 10.0. The highest BCUT2D eigenvalue weighted by atomic mass is 32.1. The molecule has 0 saturated carbocycles. The Kier molecular flexibility index (Phi) is 9.01. The number of hydrogen-bond donors (Lipinski definition) is 0. The van der Waals surface area contributed by atoms with Gasteiger partial charge in [-0.2, -0.15) is 0 Å². The van der Waals surface area contributed by atoms with Gasteiger partial charge >= 0.3 is 0 Å². The quantitative estimate of drug-likeness (QED) is 0.246. The summed E-state index contributed by atoms with van der Waals surface area (Å²) in [7, 11) is 0. The van der Waals surface area contributed by atoms with Crippen molar-refractivity contribution < 1.29 is 0 Å². The summed E-state index contributed by atoms with van der Waals surface area (Å²) in [5.41, 5.74) is 3.45. The first kappa shape index (κ1) is 23.5. The molecule has 0 aliphatic heterocycles. The lowest BCUT2D eigenvalue weighted by Crippen LogP contribution is -2.11. The second kappa shape index (κ2) is 11.5. The Bertz CT molecular complexity index is 832. The topological polar surface area (TPSA) is 0 Å². The van der Waals surface area contributed by atoms with Crippen LogP contribution < -0.4 is 0 Å². The number of unbranched alkanes of at least 4 members (excludes halogenated alkanes) is 5. The molecule has 0 N–H and O–H groups in total. The third-order valence-corrected chi connectivity index (χ3v) is 8.28. The zero-order valence-electron chi connectivity index (χ0n) is 19.5. The molecule has 2 aromatic heterocycles. The van der Waals surface area contributed by atoms with Crippen molar-refractivity contribution in [2.45, 2.75) is 97.8 Å². The lowest BCUT2D eigenvalue weighted by atomic mass is 9.80. The first-order chi connectivity index (χ1) is 14.4. The molecule has 0 radical (unpaired) electrons. The van der Waals surface area contributed by atoms with Crippen molar-refractivity contribution in [1.82, 2.24) is 0 Å². The lowest BCUT2D eigenvalue weighted by molar-refractivity contribution is 0.335. The molecule has 1 aromatic carbocycles. The number of aryl methyl sites for hydroxylation is 2. The fourth-order valence-electron chi connectivity index (χ4n) is 4.47. The lowest BCUT2D eigenvalue weighted by Gasteiger charge is -2.25. The van der Waals surface area contributed by atoms with Gasteiger partial charge in [-0.05, 0) is 78.5 Å². The smallest absolute Gasteiger partial charge is 0.0453 e. The minimum absolute atomic E-state index is 0.402. The van der Waals surface area contributed by atoms with Crippen molar-refractivity contribution in [3.63, 3.8) is 0 Å². The van der Waals surface area contributed by atoms with Crippen LogP contribution in [-0.2, 0) is 12.8 Å². The molecule has 30 heavy (non-hydrogen) atoms. The van der Waals surface area contributed by atoms with Crippen LogP contribution in [0.15, 0.2) is 41.8 Å². The van der Waals surface area contributed by atoms with Gasteiger partial charge in [-0.3, -0.25) is 0 Å². The van der Waals surface area contributed by atoms with Gasteiger partial charge in [0, 0.05) is 14.3 Å². The summed E-state index contributed by atoms with van der Waals surface area (Å²) < 4.78 is 2.95. The van der Waals surface area contributed by atoms with E-state index in [0.717, 1.165) is 0 Å². The Morgan fingerprint density at radius 3 is 2.10 bits per heavy atom. The van der Waals surface area contributed by atoms with Gasteiger partial charge in [0.15, 0.2) is 0 Å². The Balaban J connectivity index is 1.27. The van der Waals surface area contributed by atoms with Crippen molar-refractivity contribution in [1.29, 1.82) is 0 Å². The Morgan fingerprint density at radius 1 is 0.800 bits per heavy atom. The maximum absolute atomic E-state index is 2.40. The fraction of sp³-hybridized carbons (Fsp3) is 0.571. The van der Waals surface area contributed by atoms with E-state index in [-0.39, 0.29) is 0 Å². The molecule has 0 aliphatic rings. The van der Waals surface area contributed by atoms with E-state index in [0.29, 0.717) is 11.3 Å². The summed E-state index contributed by atoms with van der Waals surface area (Å²) in [6.45, 7) is 9.39. The molecule has 0 spiro atoms. The van der Waals surface area contributed by atoms with Crippen LogP contribution in [0.5, 0.6) is 0 Å². The molecule has 0 fully saturated rings. The highest BCUT2D eigenvalue weighted by molar-refractivity contribution is 7.26. The van der Waals surface area contributed by atoms with Crippen LogP contribution in [0.25, 0.3) is 9.40 Å². The first-order valence-electron chi connectivity index (χ1n) is 12.0. The van der Waals surface area contributed by atoms with Gasteiger partial charge in [0.1, 0.15) is 0 Å². The average Bonchev–Trinajstić information content (AvgIpc) is 3.30. The molecule has 1 unspecified atom stereocenters. The zero-order chi connectivity index (χ0) is 21.4. The number of thiophene rings is 2. The maximum atomic E-state index is 2.40. The summed E-state index contributed by atoms with van der Waals surface area (Å²) in [6.07, 6.45) is 13.2. The molecule has 164 valence electrons. The third-order valence-electron chi connectivity index (χ3n) is 6.13. The molecular weight excluding hydrogens is 400 g/mol. The predicted molar refractivity (Wildman–Crippen MR) is 138 cm³/mol. The molecular formula is C28H40S2. The van der Waals surface area contributed by atoms with Crippen molar-refractivity contribution >= 4 is 32.1 Å². The van der Waals surface area contributed by atoms with E-state index in [9.17, 15) is 0 Å². The first-order valence-corrected chi connectivity index (χ1v) is 13.7. The van der Waals surface area contributed by atoms with E-state index >= 15 is 0 Å². The Labute approximate surface area is 192 Å². The SMILES string of the molecule is CCC(CC(C)(C)C)c1ccc(CCCCCCCCc2cc3sccc3s2)cc1. The van der Waals surface area contributed by atoms with E-state index in [4.69, 9.17) is 0 Å². The van der Waals surface area contributed by atoms with E-state index in [1.54, 1.807) is 4.88 Å². The van der Waals surface area contributed by atoms with E-state index in [2.05, 4.69) is 69.5 Å². The van der Waals surface area contributed by atoms with Crippen LogP contribution >= 0.6 is 22.7 Å². The average molecular weight is 441 g/mol. The number of fused-ring (bicyclic) bond motifs is 1. The summed E-state index contributed by atoms with van der Waals surface area (Å²) in [6, 6.07) is 14.2. The van der Waals surface area contributed by atoms with E-state index in [1.807, 2.05) is 22.7 Å². The standard InChI is InChI=1S/C28H40S2/c1-5-23(21-28(2,3)4)24-16-14-22(15-17-24)12-10-8-6-7-9-11-13-25-20-27-26(30-25)18-19-29-27/h14-20,23H,5-13,21H2,1-4H3. The number of rotatable bonds is 12. The van der Waals surface area contributed by atoms with Gasteiger partial charge in [0.2, 0.25) is 0 Å². The minimum Gasteiger partial charge on any atom is -0.143 e. The summed E-state index contributed by atoms with van der Waals surface area (Å²) >= 11 is 3.86. The summed E-state index contributed by atoms with van der Waals surface area (Å²) in [5, 5.41) is 2.20. The van der Waals surface area contributed by atoms with Crippen molar-refractivity contribution in [3.8, 4) is 0 Å². The second-order valence-corrected chi connectivity index (χ2v) is 12.2. The highest BCUT2D eigenvalue weighted by Crippen LogP contribution is 2.33. The van der Waals surface area contributed by atoms with Crippen molar-refractivity contribution in [2.24, 2.45) is 5.41 Å². The van der Waals surface area contributed by atoms with Gasteiger partial charge in [0.25, 0.3) is 0 Å². The molecule has 0 amide bonds. The Morgan fingerprint density at radius 2 is 1.47 bits per heavy atom. The van der Waals surface area contributed by atoms with Gasteiger partial charge in [-0.1, -0.05) is 77.6 Å². The van der Waals surface area contributed by atoms with Gasteiger partial charge in [0.05, 0.1) is 0 Å². The maximum Gasteiger partial charge on any atom is 0.0453 e. The zero-order valence-corrected chi connectivity index (χ0v) is 21.1. The van der Waals surface area contributed by atoms with Crippen LogP contribution in [0, 0.1) is 5.41 Å². The van der Waals surface area contributed by atoms with Gasteiger partial charge < -0.3 is 0 Å². The number of hydrogen-bond acceptors (Lipinski definition) is 2. The monoisotopic (exact) mass is 440 g/mol. The fourth-order valence-corrected chi connectivity index (χ4v) is 6.64. The second-order valence-electron chi connectivity index (χ2n) is 10.1. The molecule has 3 rings (SSSR count).